The van der Waals surface area contributed by atoms with Crippen molar-refractivity contribution >= 4 is 41.5 Å². The van der Waals surface area contributed by atoms with Crippen LogP contribution in [-0.4, -0.2) is 52.6 Å². The van der Waals surface area contributed by atoms with Gasteiger partial charge in [0.1, 0.15) is 36.2 Å². The number of ether oxygens (including phenoxy) is 2. The van der Waals surface area contributed by atoms with Crippen molar-refractivity contribution in [3.05, 3.63) is 118 Å². The molecular weight excluding hydrogens is 862 g/mol. The minimum absolute atomic E-state index is 0. The number of amides is 1. The molecule has 0 aliphatic heterocycles. The Kier molecular flexibility index (Phi) is 15.5. The molecule has 0 radical (unpaired) electrons. The van der Waals surface area contributed by atoms with Crippen molar-refractivity contribution in [2.24, 2.45) is 0 Å². The summed E-state index contributed by atoms with van der Waals surface area (Å²) in [5.41, 5.74) is -0.0793. The summed E-state index contributed by atoms with van der Waals surface area (Å²) in [6.07, 6.45) is 0.992. The molecule has 286 valence electrons. The lowest BCUT2D eigenvalue weighted by molar-refractivity contribution is -0.753. The third-order valence-electron chi connectivity index (χ3n) is 8.39. The highest BCUT2D eigenvalue weighted by Gasteiger charge is 2.43. The van der Waals surface area contributed by atoms with Gasteiger partial charge in [-0.1, -0.05) is 19.1 Å². The lowest BCUT2D eigenvalue weighted by Gasteiger charge is -2.32. The van der Waals surface area contributed by atoms with E-state index in [2.05, 4.69) is 21.5 Å². The third kappa shape index (κ3) is 10.1. The fourth-order valence-electron chi connectivity index (χ4n) is 5.41. The van der Waals surface area contributed by atoms with E-state index in [9.17, 15) is 23.5 Å². The molecule has 1 amide bonds. The first kappa shape index (κ1) is 43.8. The maximum Gasteiger partial charge on any atom is 0.416 e. The Labute approximate surface area is 336 Å². The topological polar surface area (TPSA) is 146 Å². The van der Waals surface area contributed by atoms with Gasteiger partial charge in [-0.3, -0.25) is 9.69 Å². The van der Waals surface area contributed by atoms with Gasteiger partial charge < -0.3 is 43.9 Å². The standard InChI is InChI=1S/C36H35F3N7O5S.ClH.HI/c1-22(34-43-31(18-52-34)25-7-5-24(15-40)6-8-25)36(49,29-14-28(38)9-11-30(29)39)19-46-21-45(20-42-46)23(2)51-35(48)44(4)32-12-10-27(37)13-26(32)17-50-33(47)16-41-3;;/h5-14,18,20-23,41,49H,16-17,19H2,1-4H3;2*1H/q+1;;/p-1. The van der Waals surface area contributed by atoms with Crippen molar-refractivity contribution in [2.75, 3.05) is 25.5 Å². The Balaban J connectivity index is 0.00000392. The number of esters is 1. The van der Waals surface area contributed by atoms with E-state index in [1.165, 1.54) is 46.4 Å². The Morgan fingerprint density at radius 3 is 2.48 bits per heavy atom. The lowest BCUT2D eigenvalue weighted by atomic mass is 9.82. The van der Waals surface area contributed by atoms with Crippen molar-refractivity contribution in [1.82, 2.24) is 20.1 Å². The quantitative estimate of drug-likeness (QED) is 0.104. The molecule has 0 aliphatic rings. The van der Waals surface area contributed by atoms with Gasteiger partial charge in [0, 0.05) is 47.1 Å². The first-order valence-corrected chi connectivity index (χ1v) is 16.8. The summed E-state index contributed by atoms with van der Waals surface area (Å²) in [6.45, 7) is 2.52. The van der Waals surface area contributed by atoms with Crippen LogP contribution in [0.2, 0.25) is 0 Å². The summed E-state index contributed by atoms with van der Waals surface area (Å²) in [5, 5.41) is 30.5. The number of aliphatic hydroxyl groups is 1. The summed E-state index contributed by atoms with van der Waals surface area (Å²) in [4.78, 5) is 30.9. The fraction of sp³-hybridized carbons (Fsp3) is 0.278. The molecule has 0 spiro atoms. The van der Waals surface area contributed by atoms with Gasteiger partial charge in [-0.15, -0.1) is 28.4 Å². The van der Waals surface area contributed by atoms with Crippen molar-refractivity contribution in [1.29, 1.82) is 5.26 Å². The Morgan fingerprint density at radius 2 is 1.80 bits per heavy atom. The van der Waals surface area contributed by atoms with Crippen LogP contribution < -0.4 is 38.8 Å². The van der Waals surface area contributed by atoms with E-state index in [-0.39, 0.29) is 72.9 Å². The van der Waals surface area contributed by atoms with Crippen LogP contribution in [0, 0.1) is 28.8 Å². The average Bonchev–Trinajstić information content (AvgIpc) is 3.82. The second-order valence-corrected chi connectivity index (χ2v) is 12.8. The Bertz CT molecular complexity index is 2120. The number of nitrogens with zero attached hydrogens (tertiary/aromatic N) is 6. The molecule has 0 bridgehead atoms. The molecule has 0 saturated carbocycles. The number of hydrogen-bond donors (Lipinski definition) is 2. The van der Waals surface area contributed by atoms with Gasteiger partial charge in [0.25, 0.3) is 6.33 Å². The molecule has 12 nitrogen and oxygen atoms in total. The van der Waals surface area contributed by atoms with E-state index in [1.54, 1.807) is 50.5 Å². The predicted molar refractivity (Wildman–Crippen MR) is 190 cm³/mol. The largest absolute Gasteiger partial charge is 1.00 e. The maximum absolute atomic E-state index is 15.3. The zero-order valence-corrected chi connectivity index (χ0v) is 33.2. The fourth-order valence-corrected chi connectivity index (χ4v) is 6.39. The minimum atomic E-state index is -2.06. The first-order valence-electron chi connectivity index (χ1n) is 15.9. The van der Waals surface area contributed by atoms with Gasteiger partial charge in [0.05, 0.1) is 34.6 Å². The number of rotatable bonds is 13. The number of carbonyl (C=O) groups is 2. The highest BCUT2D eigenvalue weighted by molar-refractivity contribution is 7.10. The number of nitriles is 1. The number of halogens is 5. The minimum Gasteiger partial charge on any atom is -1.00 e. The highest BCUT2D eigenvalue weighted by Crippen LogP contribution is 2.41. The van der Waals surface area contributed by atoms with Crippen LogP contribution in [0.3, 0.4) is 0 Å². The molecule has 0 saturated heterocycles. The summed E-state index contributed by atoms with van der Waals surface area (Å²) in [6, 6.07) is 15.4. The van der Waals surface area contributed by atoms with Crippen molar-refractivity contribution in [3.63, 3.8) is 0 Å². The second-order valence-electron chi connectivity index (χ2n) is 11.9. The van der Waals surface area contributed by atoms with Crippen LogP contribution in [0.5, 0.6) is 0 Å². The zero-order valence-electron chi connectivity index (χ0n) is 29.4. The average molecular weight is 898 g/mol. The molecule has 2 N–H and O–H groups in total. The number of benzene rings is 3. The third-order valence-corrected chi connectivity index (χ3v) is 9.42. The Hall–Kier alpha value is -4.61. The number of carbonyl (C=O) groups excluding carboxylic acids is 2. The molecule has 2 heterocycles. The van der Waals surface area contributed by atoms with Crippen LogP contribution in [0.1, 0.15) is 47.7 Å². The monoisotopic (exact) mass is 897 g/mol. The molecule has 54 heavy (non-hydrogen) atoms. The Morgan fingerprint density at radius 1 is 1.11 bits per heavy atom. The van der Waals surface area contributed by atoms with E-state index >= 15 is 4.39 Å². The molecular formula is C36H36ClF3IN7O5S. The van der Waals surface area contributed by atoms with Gasteiger partial charge in [0.15, 0.2) is 0 Å². The number of hydrogen-bond acceptors (Lipinski definition) is 10. The molecule has 0 fully saturated rings. The SMILES string of the molecule is CNCC(=O)OCc1cc(F)ccc1N(C)C(=O)OC(C)[n+]1cnn(CC(O)(c2cc(F)ccc2F)C(C)c2nc(-c3ccc(C#N)cc3)cs2)c1.Cl.[I-]. The van der Waals surface area contributed by atoms with Gasteiger partial charge in [-0.2, -0.15) is 9.83 Å². The smallest absolute Gasteiger partial charge is 0.416 e. The van der Waals surface area contributed by atoms with Crippen molar-refractivity contribution in [3.8, 4) is 17.3 Å². The zero-order chi connectivity index (χ0) is 37.6. The summed E-state index contributed by atoms with van der Waals surface area (Å²) in [5.74, 6) is -3.60. The summed E-state index contributed by atoms with van der Waals surface area (Å²) >= 11 is 1.23. The number of nitrogens with one attached hydrogen (secondary N) is 1. The number of thiazole rings is 1. The van der Waals surface area contributed by atoms with Crippen molar-refractivity contribution < 1.29 is 65.9 Å². The molecule has 5 rings (SSSR count). The lowest BCUT2D eigenvalue weighted by Crippen LogP contribution is -3.00. The molecule has 3 atom stereocenters. The molecule has 18 heteroatoms. The number of aromatic nitrogens is 4. The van der Waals surface area contributed by atoms with Gasteiger partial charge in [-0.25, -0.2) is 22.9 Å². The van der Waals surface area contributed by atoms with E-state index in [0.717, 1.165) is 40.8 Å². The molecule has 0 aliphatic carbocycles. The number of likely N-dealkylation sites (N-methyl/N-ethyl adjacent to an activating group) is 1. The molecule has 5 aromatic rings. The first-order chi connectivity index (χ1) is 24.8. The normalized spacial score (nSPS) is 12.9. The van der Waals surface area contributed by atoms with Crippen LogP contribution in [0.4, 0.5) is 23.7 Å². The predicted octanol–water partition coefficient (Wildman–Crippen LogP) is 2.75. The van der Waals surface area contributed by atoms with Crippen LogP contribution >= 0.6 is 23.7 Å². The molecule has 2 aromatic heterocycles. The maximum atomic E-state index is 15.3. The van der Waals surface area contributed by atoms with Crippen LogP contribution in [-0.2, 0) is 33.0 Å². The second kappa shape index (κ2) is 19.1. The van der Waals surface area contributed by atoms with Crippen LogP contribution in [0.25, 0.3) is 11.3 Å². The molecule has 3 aromatic carbocycles. The van der Waals surface area contributed by atoms with Gasteiger partial charge >= 0.3 is 12.1 Å². The summed E-state index contributed by atoms with van der Waals surface area (Å²) in [7, 11) is 2.99. The van der Waals surface area contributed by atoms with E-state index in [1.807, 2.05) is 0 Å². The van der Waals surface area contributed by atoms with Crippen molar-refractivity contribution in [2.45, 2.75) is 44.7 Å². The van der Waals surface area contributed by atoms with Crippen LogP contribution in [0.15, 0.2) is 78.7 Å². The van der Waals surface area contributed by atoms with E-state index in [0.29, 0.717) is 16.3 Å². The summed E-state index contributed by atoms with van der Waals surface area (Å²) < 4.78 is 57.4. The molecule has 3 unspecified atom stereocenters. The van der Waals surface area contributed by atoms with E-state index in [4.69, 9.17) is 14.7 Å². The van der Waals surface area contributed by atoms with Gasteiger partial charge in [-0.05, 0) is 55.6 Å². The number of anilines is 1. The van der Waals surface area contributed by atoms with Gasteiger partial charge in [0.2, 0.25) is 12.6 Å². The van der Waals surface area contributed by atoms with E-state index < -0.39 is 47.3 Å². The highest BCUT2D eigenvalue weighted by atomic mass is 127.